The number of rotatable bonds is 0. The minimum atomic E-state index is -1.50. The number of halogens is 3. The maximum absolute atomic E-state index is 15.1. The highest BCUT2D eigenvalue weighted by Crippen LogP contribution is 2.57. The number of aromatic hydroxyl groups is 1. The van der Waals surface area contributed by atoms with Gasteiger partial charge < -0.3 is 5.11 Å². The zero-order valence-electron chi connectivity index (χ0n) is 17.0. The van der Waals surface area contributed by atoms with Gasteiger partial charge in [-0.05, 0) is 17.7 Å². The van der Waals surface area contributed by atoms with Crippen molar-refractivity contribution in [3.63, 3.8) is 0 Å². The summed E-state index contributed by atoms with van der Waals surface area (Å²) >= 11 is 0. The second-order valence-electron chi connectivity index (χ2n) is 7.41. The van der Waals surface area contributed by atoms with Gasteiger partial charge in [0, 0.05) is 57.3 Å². The molecule has 5 nitrogen and oxygen atoms in total. The third-order valence-corrected chi connectivity index (χ3v) is 5.77. The van der Waals surface area contributed by atoms with Gasteiger partial charge in [-0.1, -0.05) is 18.2 Å². The Labute approximate surface area is 190 Å². The van der Waals surface area contributed by atoms with Crippen LogP contribution in [0.15, 0.2) is 59.8 Å². The van der Waals surface area contributed by atoms with Crippen molar-refractivity contribution in [1.29, 1.82) is 15.8 Å². The summed E-state index contributed by atoms with van der Waals surface area (Å²) in [7, 11) is 0. The molecule has 2 aromatic carbocycles. The Balaban J connectivity index is 2.08. The normalized spacial score (nSPS) is 16.4. The number of hydrogen-bond donors (Lipinski definition) is 1. The van der Waals surface area contributed by atoms with Crippen LogP contribution in [0.25, 0.3) is 28.0 Å². The molecule has 1 N–H and O–H groups in total. The van der Waals surface area contributed by atoms with Crippen molar-refractivity contribution in [3.05, 3.63) is 99.5 Å². The SMILES string of the molecule is N#C/C=C1/C(=C2\c3cccnc3-c3c(O)cccc32)C(=C(C#N)C#N)c2c(F)c(F)cc(F)c21. The average molecular weight is 450 g/mol. The van der Waals surface area contributed by atoms with E-state index in [4.69, 9.17) is 0 Å². The molecule has 0 saturated heterocycles. The van der Waals surface area contributed by atoms with Gasteiger partial charge in [0.05, 0.1) is 17.3 Å². The van der Waals surface area contributed by atoms with Crippen molar-refractivity contribution < 1.29 is 18.3 Å². The third kappa shape index (κ3) is 2.62. The second-order valence-corrected chi connectivity index (χ2v) is 7.41. The highest BCUT2D eigenvalue weighted by molar-refractivity contribution is 6.20. The van der Waals surface area contributed by atoms with Gasteiger partial charge in [0.2, 0.25) is 0 Å². The van der Waals surface area contributed by atoms with Gasteiger partial charge in [-0.2, -0.15) is 15.8 Å². The molecule has 160 valence electrons. The van der Waals surface area contributed by atoms with Crippen molar-refractivity contribution in [2.24, 2.45) is 0 Å². The number of benzene rings is 2. The zero-order valence-corrected chi connectivity index (χ0v) is 17.0. The number of nitriles is 3. The van der Waals surface area contributed by atoms with Crippen molar-refractivity contribution in [2.45, 2.75) is 0 Å². The third-order valence-electron chi connectivity index (χ3n) is 5.77. The summed E-state index contributed by atoms with van der Waals surface area (Å²) in [6.07, 6.45) is 2.46. The predicted octanol–water partition coefficient (Wildman–Crippen LogP) is 5.41. The molecule has 0 unspecified atom stereocenters. The van der Waals surface area contributed by atoms with Crippen LogP contribution in [0.3, 0.4) is 0 Å². The lowest BCUT2D eigenvalue weighted by atomic mass is 9.89. The van der Waals surface area contributed by atoms with Crippen LogP contribution in [0.2, 0.25) is 0 Å². The Hall–Kier alpha value is -5.13. The standard InChI is InChI=1S/C26H9F3N4O/c27-16-9-17(28)25(29)24-19(12(10-31)11-32)23(14(6-7-30)21(16)24)20-13-3-1-5-18(34)22(13)26-15(20)4-2-8-33-26/h1-6,8-9,34H/b14-6+,23-20+. The number of nitrogens with zero attached hydrogens (tertiary/aromatic N) is 4. The van der Waals surface area contributed by atoms with Crippen LogP contribution < -0.4 is 0 Å². The molecular weight excluding hydrogens is 441 g/mol. The lowest BCUT2D eigenvalue weighted by Crippen LogP contribution is -1.98. The summed E-state index contributed by atoms with van der Waals surface area (Å²) in [5.41, 5.74) is -0.227. The van der Waals surface area contributed by atoms with E-state index < -0.39 is 34.2 Å². The number of phenolic OH excluding ortho intramolecular Hbond substituents is 1. The molecule has 1 heterocycles. The first-order valence-electron chi connectivity index (χ1n) is 9.80. The van der Waals surface area contributed by atoms with Crippen molar-refractivity contribution in [3.8, 4) is 35.2 Å². The summed E-state index contributed by atoms with van der Waals surface area (Å²) in [5.74, 6) is -4.21. The summed E-state index contributed by atoms with van der Waals surface area (Å²) < 4.78 is 44.4. The molecule has 3 aromatic rings. The molecule has 0 saturated carbocycles. The average Bonchev–Trinajstić information content (AvgIpc) is 3.33. The van der Waals surface area contributed by atoms with Crippen LogP contribution in [0.5, 0.6) is 5.75 Å². The molecule has 1 aromatic heterocycles. The Bertz CT molecular complexity index is 1660. The molecule has 0 spiro atoms. The maximum Gasteiger partial charge on any atom is 0.167 e. The summed E-state index contributed by atoms with van der Waals surface area (Å²) in [6.45, 7) is 0. The van der Waals surface area contributed by atoms with Crippen LogP contribution in [0.1, 0.15) is 22.3 Å². The molecule has 2 aliphatic rings. The van der Waals surface area contributed by atoms with E-state index in [0.29, 0.717) is 34.0 Å². The van der Waals surface area contributed by atoms with E-state index in [2.05, 4.69) is 4.98 Å². The molecule has 0 atom stereocenters. The molecule has 0 fully saturated rings. The van der Waals surface area contributed by atoms with E-state index in [9.17, 15) is 25.3 Å². The molecule has 34 heavy (non-hydrogen) atoms. The van der Waals surface area contributed by atoms with Gasteiger partial charge in [-0.15, -0.1) is 0 Å². The van der Waals surface area contributed by atoms with Crippen LogP contribution >= 0.6 is 0 Å². The largest absolute Gasteiger partial charge is 0.507 e. The smallest absolute Gasteiger partial charge is 0.167 e. The van der Waals surface area contributed by atoms with E-state index in [1.165, 1.54) is 12.3 Å². The number of fused-ring (bicyclic) bond motifs is 4. The fraction of sp³-hybridized carbons (Fsp3) is 0. The van der Waals surface area contributed by atoms with E-state index in [1.807, 2.05) is 0 Å². The van der Waals surface area contributed by atoms with Gasteiger partial charge in [0.25, 0.3) is 0 Å². The van der Waals surface area contributed by atoms with Crippen LogP contribution in [0.4, 0.5) is 13.2 Å². The monoisotopic (exact) mass is 450 g/mol. The van der Waals surface area contributed by atoms with Crippen LogP contribution in [0, 0.1) is 51.4 Å². The van der Waals surface area contributed by atoms with Gasteiger partial charge in [-0.25, -0.2) is 13.2 Å². The van der Waals surface area contributed by atoms with Gasteiger partial charge in [0.15, 0.2) is 11.6 Å². The highest BCUT2D eigenvalue weighted by Gasteiger charge is 2.41. The minimum absolute atomic E-state index is 0.00310. The summed E-state index contributed by atoms with van der Waals surface area (Å²) in [4.78, 5) is 4.33. The first-order valence-corrected chi connectivity index (χ1v) is 9.80. The molecule has 2 aliphatic carbocycles. The molecule has 0 radical (unpaired) electrons. The summed E-state index contributed by atoms with van der Waals surface area (Å²) in [6, 6.07) is 13.4. The fourth-order valence-corrected chi connectivity index (χ4v) is 4.55. The number of pyridine rings is 1. The topological polar surface area (TPSA) is 104 Å². The number of aromatic nitrogens is 1. The van der Waals surface area contributed by atoms with Crippen molar-refractivity contribution in [2.75, 3.05) is 0 Å². The highest BCUT2D eigenvalue weighted by atomic mass is 19.2. The zero-order chi connectivity index (χ0) is 24.1. The molecule has 8 heteroatoms. The number of allylic oxidation sites excluding steroid dienone is 5. The lowest BCUT2D eigenvalue weighted by molar-refractivity contribution is 0.477. The minimum Gasteiger partial charge on any atom is -0.507 e. The van der Waals surface area contributed by atoms with Crippen LogP contribution in [-0.4, -0.2) is 10.1 Å². The van der Waals surface area contributed by atoms with Crippen molar-refractivity contribution >= 4 is 16.7 Å². The Morgan fingerprint density at radius 2 is 1.62 bits per heavy atom. The quantitative estimate of drug-likeness (QED) is 0.285. The Kier molecular flexibility index (Phi) is 4.57. The Morgan fingerprint density at radius 3 is 2.32 bits per heavy atom. The van der Waals surface area contributed by atoms with E-state index >= 15 is 8.78 Å². The predicted molar refractivity (Wildman–Crippen MR) is 115 cm³/mol. The fourth-order valence-electron chi connectivity index (χ4n) is 4.55. The van der Waals surface area contributed by atoms with E-state index in [1.54, 1.807) is 42.5 Å². The van der Waals surface area contributed by atoms with Crippen molar-refractivity contribution in [1.82, 2.24) is 4.98 Å². The van der Waals surface area contributed by atoms with Gasteiger partial charge >= 0.3 is 0 Å². The molecule has 5 rings (SSSR count). The first-order chi connectivity index (χ1) is 16.4. The number of phenols is 1. The number of hydrogen-bond acceptors (Lipinski definition) is 5. The second kappa shape index (κ2) is 7.48. The van der Waals surface area contributed by atoms with E-state index in [-0.39, 0.29) is 22.5 Å². The van der Waals surface area contributed by atoms with E-state index in [0.717, 1.165) is 6.08 Å². The molecule has 0 aliphatic heterocycles. The Morgan fingerprint density at radius 1 is 0.882 bits per heavy atom. The lowest BCUT2D eigenvalue weighted by Gasteiger charge is -2.12. The summed E-state index contributed by atoms with van der Waals surface area (Å²) in [5, 5.41) is 39.3. The molecule has 0 amide bonds. The van der Waals surface area contributed by atoms with Gasteiger partial charge in [0.1, 0.15) is 29.3 Å². The van der Waals surface area contributed by atoms with Gasteiger partial charge in [-0.3, -0.25) is 4.98 Å². The maximum atomic E-state index is 15.1. The first kappa shape index (κ1) is 20.8. The van der Waals surface area contributed by atoms with Crippen LogP contribution in [-0.2, 0) is 0 Å². The molecule has 0 bridgehead atoms. The molecular formula is C26H9F3N4O.